The Labute approximate surface area is 144 Å². The third-order valence-electron chi connectivity index (χ3n) is 3.84. The molecule has 1 N–H and O–H groups in total. The number of fused-ring (bicyclic) bond motifs is 1. The van der Waals surface area contributed by atoms with Crippen LogP contribution in [-0.4, -0.2) is 34.7 Å². The normalized spacial score (nSPS) is 15.0. The number of rotatable bonds is 4. The summed E-state index contributed by atoms with van der Waals surface area (Å²) < 4.78 is 24.7. The van der Waals surface area contributed by atoms with Crippen LogP contribution < -0.4 is 4.72 Å². The van der Waals surface area contributed by atoms with Crippen molar-refractivity contribution in [2.45, 2.75) is 71.7 Å². The molecule has 0 radical (unpaired) electrons. The van der Waals surface area contributed by atoms with Gasteiger partial charge in [0.2, 0.25) is 10.0 Å². The zero-order valence-electron chi connectivity index (χ0n) is 15.4. The van der Waals surface area contributed by atoms with Crippen molar-refractivity contribution in [3.63, 3.8) is 0 Å². The van der Waals surface area contributed by atoms with E-state index < -0.39 is 10.0 Å². The summed E-state index contributed by atoms with van der Waals surface area (Å²) in [5, 5.41) is 8.75. The molecular formula is C17H28N4O2S. The summed E-state index contributed by atoms with van der Waals surface area (Å²) >= 11 is 0. The van der Waals surface area contributed by atoms with Crippen molar-refractivity contribution >= 4 is 21.1 Å². The number of sulfonamides is 1. The van der Waals surface area contributed by atoms with E-state index in [4.69, 9.17) is 0 Å². The number of aromatic nitrogens is 3. The maximum atomic E-state index is 11.1. The Balaban J connectivity index is 0.000000185. The molecule has 0 saturated heterocycles. The minimum absolute atomic E-state index is 0.0330. The van der Waals surface area contributed by atoms with Crippen LogP contribution in [0.1, 0.15) is 57.7 Å². The fraction of sp³-hybridized carbons (Fsp3) is 0.647. The highest BCUT2D eigenvalue weighted by atomic mass is 32.2. The number of hydrogen-bond acceptors (Lipinski definition) is 4. The average Bonchev–Trinajstić information content (AvgIpc) is 3.22. The van der Waals surface area contributed by atoms with Crippen LogP contribution in [0.25, 0.3) is 11.0 Å². The van der Waals surface area contributed by atoms with E-state index in [-0.39, 0.29) is 11.3 Å². The molecule has 2 aromatic rings. The zero-order valence-corrected chi connectivity index (χ0v) is 16.2. The second-order valence-electron chi connectivity index (χ2n) is 7.06. The van der Waals surface area contributed by atoms with Crippen LogP contribution in [0.15, 0.2) is 12.1 Å². The molecule has 1 aliphatic rings. The maximum Gasteiger partial charge on any atom is 0.214 e. The molecule has 1 aromatic carbocycles. The van der Waals surface area contributed by atoms with Crippen LogP contribution in [0.5, 0.6) is 0 Å². The Kier molecular flexibility index (Phi) is 5.65. The lowest BCUT2D eigenvalue weighted by Crippen LogP contribution is -2.32. The number of benzene rings is 1. The Morgan fingerprint density at radius 1 is 1.04 bits per heavy atom. The van der Waals surface area contributed by atoms with Crippen LogP contribution in [0.4, 0.5) is 0 Å². The van der Waals surface area contributed by atoms with E-state index in [2.05, 4.69) is 54.7 Å². The predicted octanol–water partition coefficient (Wildman–Crippen LogP) is 3.11. The first kappa shape index (κ1) is 18.9. The molecule has 0 spiro atoms. The van der Waals surface area contributed by atoms with E-state index in [0.29, 0.717) is 6.04 Å². The minimum atomic E-state index is -2.94. The summed E-state index contributed by atoms with van der Waals surface area (Å²) in [5.41, 5.74) is 4.52. The van der Waals surface area contributed by atoms with Gasteiger partial charge in [-0.05, 0) is 77.6 Å². The molecule has 1 heterocycles. The zero-order chi connectivity index (χ0) is 18.1. The van der Waals surface area contributed by atoms with Gasteiger partial charge in [0.05, 0.1) is 11.3 Å². The van der Waals surface area contributed by atoms with Crippen molar-refractivity contribution in [3.8, 4) is 0 Å². The van der Waals surface area contributed by atoms with Crippen LogP contribution in [0.2, 0.25) is 0 Å². The van der Waals surface area contributed by atoms with Crippen molar-refractivity contribution in [2.75, 3.05) is 0 Å². The summed E-state index contributed by atoms with van der Waals surface area (Å²) in [6.07, 6.45) is 1.67. The van der Waals surface area contributed by atoms with Crippen molar-refractivity contribution in [2.24, 2.45) is 0 Å². The van der Waals surface area contributed by atoms with Crippen LogP contribution in [0.3, 0.4) is 0 Å². The highest BCUT2D eigenvalue weighted by Gasteiger charge is 2.35. The lowest BCUT2D eigenvalue weighted by Gasteiger charge is -2.07. The number of nitrogens with one attached hydrogen (secondary N) is 1. The molecule has 24 heavy (non-hydrogen) atoms. The van der Waals surface area contributed by atoms with Crippen LogP contribution in [0, 0.1) is 13.8 Å². The molecule has 134 valence electrons. The highest BCUT2D eigenvalue weighted by Crippen LogP contribution is 2.27. The second kappa shape index (κ2) is 7.19. The van der Waals surface area contributed by atoms with Gasteiger partial charge in [-0.1, -0.05) is 0 Å². The SMILES string of the molecule is CC(C)NS(=O)(=O)C1CC1.Cc1cc2nn(C(C)C)nc2cc1C. The van der Waals surface area contributed by atoms with Gasteiger partial charge in [-0.2, -0.15) is 15.0 Å². The van der Waals surface area contributed by atoms with E-state index in [0.717, 1.165) is 23.9 Å². The van der Waals surface area contributed by atoms with Crippen molar-refractivity contribution in [1.29, 1.82) is 0 Å². The lowest BCUT2D eigenvalue weighted by atomic mass is 10.1. The fourth-order valence-electron chi connectivity index (χ4n) is 2.22. The minimum Gasteiger partial charge on any atom is -0.212 e. The highest BCUT2D eigenvalue weighted by molar-refractivity contribution is 7.90. The van der Waals surface area contributed by atoms with Gasteiger partial charge >= 0.3 is 0 Å². The van der Waals surface area contributed by atoms with Crippen LogP contribution >= 0.6 is 0 Å². The third-order valence-corrected chi connectivity index (χ3v) is 5.99. The smallest absolute Gasteiger partial charge is 0.212 e. The Morgan fingerprint density at radius 3 is 1.83 bits per heavy atom. The van der Waals surface area contributed by atoms with Gasteiger partial charge in [0, 0.05) is 6.04 Å². The van der Waals surface area contributed by atoms with E-state index in [1.54, 1.807) is 4.80 Å². The summed E-state index contributed by atoms with van der Waals surface area (Å²) in [7, 11) is -2.94. The van der Waals surface area contributed by atoms with Gasteiger partial charge in [0.25, 0.3) is 0 Å². The van der Waals surface area contributed by atoms with Gasteiger partial charge < -0.3 is 0 Å². The van der Waals surface area contributed by atoms with Crippen molar-refractivity contribution < 1.29 is 8.42 Å². The number of hydrogen-bond donors (Lipinski definition) is 1. The van der Waals surface area contributed by atoms with Gasteiger partial charge in [0.1, 0.15) is 11.0 Å². The first-order valence-corrected chi connectivity index (χ1v) is 9.99. The summed E-state index contributed by atoms with van der Waals surface area (Å²) in [4.78, 5) is 1.77. The van der Waals surface area contributed by atoms with E-state index >= 15 is 0 Å². The number of nitrogens with zero attached hydrogens (tertiary/aromatic N) is 3. The lowest BCUT2D eigenvalue weighted by molar-refractivity contribution is 0.472. The molecule has 1 aliphatic carbocycles. The van der Waals surface area contributed by atoms with Gasteiger partial charge in [-0.15, -0.1) is 0 Å². The van der Waals surface area contributed by atoms with Crippen molar-refractivity contribution in [3.05, 3.63) is 23.3 Å². The molecule has 0 aliphatic heterocycles. The molecule has 3 rings (SSSR count). The molecule has 0 amide bonds. The molecule has 0 bridgehead atoms. The average molecular weight is 353 g/mol. The second-order valence-corrected chi connectivity index (χ2v) is 9.05. The number of aryl methyl sites for hydroxylation is 2. The molecule has 1 saturated carbocycles. The Morgan fingerprint density at radius 2 is 1.50 bits per heavy atom. The van der Waals surface area contributed by atoms with Gasteiger partial charge in [-0.3, -0.25) is 0 Å². The molecule has 0 unspecified atom stereocenters. The molecule has 1 fully saturated rings. The molecule has 1 aromatic heterocycles. The fourth-order valence-corrected chi connectivity index (χ4v) is 3.83. The van der Waals surface area contributed by atoms with E-state index in [1.165, 1.54) is 11.1 Å². The summed E-state index contributed by atoms with van der Waals surface area (Å²) in [6, 6.07) is 4.54. The maximum absolute atomic E-state index is 11.1. The predicted molar refractivity (Wildman–Crippen MR) is 97.6 cm³/mol. The Bertz CT molecular complexity index is 766. The Hall–Kier alpha value is -1.47. The molecule has 6 nitrogen and oxygen atoms in total. The van der Waals surface area contributed by atoms with Crippen molar-refractivity contribution in [1.82, 2.24) is 19.7 Å². The van der Waals surface area contributed by atoms with Gasteiger partial charge in [0.15, 0.2) is 0 Å². The largest absolute Gasteiger partial charge is 0.214 e. The molecule has 7 heteroatoms. The van der Waals surface area contributed by atoms with E-state index in [1.807, 2.05) is 13.8 Å². The molecular weight excluding hydrogens is 324 g/mol. The topological polar surface area (TPSA) is 76.9 Å². The third kappa shape index (κ3) is 4.77. The first-order valence-electron chi connectivity index (χ1n) is 8.45. The summed E-state index contributed by atoms with van der Waals surface area (Å²) in [5.74, 6) is 0. The van der Waals surface area contributed by atoms with Gasteiger partial charge in [-0.25, -0.2) is 13.1 Å². The van der Waals surface area contributed by atoms with E-state index in [9.17, 15) is 8.42 Å². The quantitative estimate of drug-likeness (QED) is 0.917. The summed E-state index contributed by atoms with van der Waals surface area (Å²) in [6.45, 7) is 12.0. The monoisotopic (exact) mass is 352 g/mol. The van der Waals surface area contributed by atoms with Crippen LogP contribution in [-0.2, 0) is 10.0 Å². The standard InChI is InChI=1S/C11H15N3.C6H13NO2S/c1-7(2)14-12-10-5-8(3)9(4)6-11(10)13-14;1-5(2)7-10(8,9)6-3-4-6/h5-7H,1-4H3;5-7H,3-4H2,1-2H3. The molecule has 0 atom stereocenters. The first-order chi connectivity index (χ1) is 11.1.